The maximum absolute atomic E-state index is 12.1. The van der Waals surface area contributed by atoms with Crippen molar-refractivity contribution in [3.05, 3.63) is 34.9 Å². The summed E-state index contributed by atoms with van der Waals surface area (Å²) in [4.78, 5) is 12.1. The summed E-state index contributed by atoms with van der Waals surface area (Å²) in [7, 11) is 0. The van der Waals surface area contributed by atoms with E-state index in [1.807, 2.05) is 12.1 Å². The van der Waals surface area contributed by atoms with Crippen LogP contribution in [0.1, 0.15) is 31.4 Å². The summed E-state index contributed by atoms with van der Waals surface area (Å²) in [5.74, 6) is -0.271. The second-order valence-electron chi connectivity index (χ2n) is 4.78. The maximum Gasteiger partial charge on any atom is 0.327 e. The van der Waals surface area contributed by atoms with Gasteiger partial charge in [0.25, 0.3) is 0 Å². The highest BCUT2D eigenvalue weighted by molar-refractivity contribution is 6.30. The van der Waals surface area contributed by atoms with E-state index in [1.54, 1.807) is 19.1 Å². The molecule has 5 heteroatoms. The quantitative estimate of drug-likeness (QED) is 0.820. The Labute approximate surface area is 124 Å². The van der Waals surface area contributed by atoms with Gasteiger partial charge in [0.15, 0.2) is 0 Å². The van der Waals surface area contributed by atoms with Crippen LogP contribution in [0.3, 0.4) is 0 Å². The van der Waals surface area contributed by atoms with Crippen LogP contribution >= 0.6 is 11.6 Å². The van der Waals surface area contributed by atoms with Crippen LogP contribution in [0, 0.1) is 0 Å². The average Bonchev–Trinajstić information content (AvgIpc) is 2.94. The Hall–Kier alpha value is -1.10. The molecule has 2 unspecified atom stereocenters. The van der Waals surface area contributed by atoms with E-state index >= 15 is 0 Å². The molecule has 1 fully saturated rings. The highest BCUT2D eigenvalue weighted by Gasteiger charge is 2.24. The van der Waals surface area contributed by atoms with E-state index in [0.717, 1.165) is 25.0 Å². The van der Waals surface area contributed by atoms with Crippen molar-refractivity contribution < 1.29 is 14.3 Å². The Morgan fingerprint density at radius 3 is 2.85 bits per heavy atom. The zero-order valence-electron chi connectivity index (χ0n) is 11.6. The summed E-state index contributed by atoms with van der Waals surface area (Å²) >= 11 is 5.88. The highest BCUT2D eigenvalue weighted by Crippen LogP contribution is 2.19. The number of nitrogens with one attached hydrogen (secondary N) is 1. The van der Waals surface area contributed by atoms with Crippen LogP contribution in [0.15, 0.2) is 24.3 Å². The molecule has 1 heterocycles. The second kappa shape index (κ2) is 7.62. The summed E-state index contributed by atoms with van der Waals surface area (Å²) < 4.78 is 10.7. The van der Waals surface area contributed by atoms with Gasteiger partial charge in [0.1, 0.15) is 6.04 Å². The fourth-order valence-electron chi connectivity index (χ4n) is 2.27. The Morgan fingerprint density at radius 1 is 1.50 bits per heavy atom. The number of carbonyl (C=O) groups excluding carboxylic acids is 1. The van der Waals surface area contributed by atoms with Crippen LogP contribution in [-0.2, 0) is 14.3 Å². The Kier molecular flexibility index (Phi) is 5.83. The maximum atomic E-state index is 12.1. The molecule has 2 atom stereocenters. The van der Waals surface area contributed by atoms with E-state index in [2.05, 4.69) is 5.32 Å². The summed E-state index contributed by atoms with van der Waals surface area (Å²) in [5, 5.41) is 3.89. The molecule has 0 saturated carbocycles. The SMILES string of the molecule is CCOC(=O)C(NCC1CCCO1)c1ccc(Cl)cc1. The molecule has 1 saturated heterocycles. The third-order valence-electron chi connectivity index (χ3n) is 3.30. The van der Waals surface area contributed by atoms with Gasteiger partial charge in [-0.15, -0.1) is 0 Å². The fourth-order valence-corrected chi connectivity index (χ4v) is 2.40. The van der Waals surface area contributed by atoms with Crippen LogP contribution in [-0.4, -0.2) is 31.8 Å². The minimum Gasteiger partial charge on any atom is -0.465 e. The Bertz CT molecular complexity index is 429. The van der Waals surface area contributed by atoms with Crippen molar-refractivity contribution in [2.24, 2.45) is 0 Å². The van der Waals surface area contributed by atoms with Crippen LogP contribution in [0.25, 0.3) is 0 Å². The number of carbonyl (C=O) groups is 1. The molecular formula is C15H20ClNO3. The predicted octanol–water partition coefficient (Wildman–Crippen LogP) is 2.71. The van der Waals surface area contributed by atoms with E-state index in [4.69, 9.17) is 21.1 Å². The largest absolute Gasteiger partial charge is 0.465 e. The first kappa shape index (κ1) is 15.3. The van der Waals surface area contributed by atoms with Gasteiger partial charge in [0.2, 0.25) is 0 Å². The van der Waals surface area contributed by atoms with Gasteiger partial charge >= 0.3 is 5.97 Å². The second-order valence-corrected chi connectivity index (χ2v) is 5.22. The number of esters is 1. The van der Waals surface area contributed by atoms with Gasteiger partial charge in [0.05, 0.1) is 12.7 Å². The van der Waals surface area contributed by atoms with Crippen LogP contribution < -0.4 is 5.32 Å². The third kappa shape index (κ3) is 4.20. The van der Waals surface area contributed by atoms with E-state index in [9.17, 15) is 4.79 Å². The molecule has 1 aromatic carbocycles. The van der Waals surface area contributed by atoms with Crippen LogP contribution in [0.5, 0.6) is 0 Å². The van der Waals surface area contributed by atoms with Gasteiger partial charge in [-0.1, -0.05) is 23.7 Å². The molecule has 0 spiro atoms. The number of hydrogen-bond donors (Lipinski definition) is 1. The predicted molar refractivity (Wildman–Crippen MR) is 77.8 cm³/mol. The standard InChI is InChI=1S/C15H20ClNO3/c1-2-19-15(18)14(11-5-7-12(16)8-6-11)17-10-13-4-3-9-20-13/h5-8,13-14,17H,2-4,9-10H2,1H3. The lowest BCUT2D eigenvalue weighted by atomic mass is 10.1. The van der Waals surface area contributed by atoms with Crippen molar-refractivity contribution in [2.45, 2.75) is 31.9 Å². The highest BCUT2D eigenvalue weighted by atomic mass is 35.5. The molecule has 1 N–H and O–H groups in total. The molecule has 1 aliphatic rings. The lowest BCUT2D eigenvalue weighted by Crippen LogP contribution is -2.35. The van der Waals surface area contributed by atoms with Gasteiger partial charge in [-0.2, -0.15) is 0 Å². The van der Waals surface area contributed by atoms with Crippen molar-refractivity contribution in [1.29, 1.82) is 0 Å². The van der Waals surface area contributed by atoms with Crippen molar-refractivity contribution >= 4 is 17.6 Å². The topological polar surface area (TPSA) is 47.6 Å². The molecule has 0 amide bonds. The minimum atomic E-state index is -0.476. The monoisotopic (exact) mass is 297 g/mol. The summed E-state index contributed by atoms with van der Waals surface area (Å²) in [6.45, 7) is 3.62. The molecule has 0 aromatic heterocycles. The molecule has 2 rings (SSSR count). The zero-order valence-corrected chi connectivity index (χ0v) is 12.4. The van der Waals surface area contributed by atoms with Crippen molar-refractivity contribution in [1.82, 2.24) is 5.32 Å². The molecule has 1 aromatic rings. The third-order valence-corrected chi connectivity index (χ3v) is 3.55. The molecule has 4 nitrogen and oxygen atoms in total. The number of ether oxygens (including phenoxy) is 2. The minimum absolute atomic E-state index is 0.180. The van der Waals surface area contributed by atoms with Gasteiger partial charge < -0.3 is 9.47 Å². The lowest BCUT2D eigenvalue weighted by molar-refractivity contribution is -0.146. The number of rotatable bonds is 6. The Balaban J connectivity index is 2.03. The summed E-state index contributed by atoms with van der Waals surface area (Å²) in [6.07, 6.45) is 2.29. The molecule has 1 aliphatic heterocycles. The van der Waals surface area contributed by atoms with E-state index in [-0.39, 0.29) is 12.1 Å². The van der Waals surface area contributed by atoms with Gasteiger partial charge in [-0.05, 0) is 37.5 Å². The van der Waals surface area contributed by atoms with E-state index in [0.29, 0.717) is 18.2 Å². The molecule has 0 bridgehead atoms. The number of hydrogen-bond acceptors (Lipinski definition) is 4. The van der Waals surface area contributed by atoms with Crippen LogP contribution in [0.2, 0.25) is 5.02 Å². The normalized spacial score (nSPS) is 19.8. The van der Waals surface area contributed by atoms with E-state index < -0.39 is 6.04 Å². The average molecular weight is 298 g/mol. The zero-order chi connectivity index (χ0) is 14.4. The molecule has 20 heavy (non-hydrogen) atoms. The smallest absolute Gasteiger partial charge is 0.327 e. The molecule has 0 aliphatic carbocycles. The van der Waals surface area contributed by atoms with Crippen molar-refractivity contribution in [3.8, 4) is 0 Å². The van der Waals surface area contributed by atoms with Crippen molar-refractivity contribution in [3.63, 3.8) is 0 Å². The summed E-state index contributed by atoms with van der Waals surface area (Å²) in [6, 6.07) is 6.75. The molecule has 110 valence electrons. The fraction of sp³-hybridized carbons (Fsp3) is 0.533. The molecule has 0 radical (unpaired) electrons. The number of halogens is 1. The van der Waals surface area contributed by atoms with Gasteiger partial charge in [-0.3, -0.25) is 5.32 Å². The molecular weight excluding hydrogens is 278 g/mol. The van der Waals surface area contributed by atoms with Crippen molar-refractivity contribution in [2.75, 3.05) is 19.8 Å². The first-order valence-corrected chi connectivity index (χ1v) is 7.35. The van der Waals surface area contributed by atoms with Gasteiger partial charge in [0, 0.05) is 18.2 Å². The van der Waals surface area contributed by atoms with E-state index in [1.165, 1.54) is 0 Å². The first-order valence-electron chi connectivity index (χ1n) is 6.97. The van der Waals surface area contributed by atoms with Crippen LogP contribution in [0.4, 0.5) is 0 Å². The first-order chi connectivity index (χ1) is 9.70. The summed E-state index contributed by atoms with van der Waals surface area (Å²) in [5.41, 5.74) is 0.853. The van der Waals surface area contributed by atoms with Gasteiger partial charge in [-0.25, -0.2) is 4.79 Å². The lowest BCUT2D eigenvalue weighted by Gasteiger charge is -2.19. The number of benzene rings is 1. The Morgan fingerprint density at radius 2 is 2.25 bits per heavy atom.